The van der Waals surface area contributed by atoms with E-state index in [9.17, 15) is 37.5 Å². The van der Waals surface area contributed by atoms with Gasteiger partial charge in [-0.1, -0.05) is 56.1 Å². The van der Waals surface area contributed by atoms with Crippen LogP contribution in [0.2, 0.25) is 28.2 Å². The first-order valence-electron chi connectivity index (χ1n) is 23.8. The molecule has 2 aliphatic rings. The molecule has 3 heterocycles. The number of fused-ring (bicyclic) bond motifs is 2. The molecule has 3 aromatic carbocycles. The van der Waals surface area contributed by atoms with E-state index in [1.54, 1.807) is 73.4 Å². The SMILES string of the molecule is C[C@H]1C(=O)N[C@@H](CO[Si](C)(C)C(C)(C)C)C(=O)N(C)[C@@]2(Cc3ccc(Cl)cc3)CCCN(C2)C(=O)[C@H](CC(F)(F)F)CC(=O)N1Cc1c(F)cc(Cl)cc1Oc1ccc(-c2cnc(CN(C)C(=O)O)n2C)cc1. The molecule has 6 rings (SSSR count). The summed E-state index contributed by atoms with van der Waals surface area (Å²) in [5.74, 6) is -5.99. The molecule has 0 radical (unpaired) electrons. The van der Waals surface area contributed by atoms with Crippen molar-refractivity contribution in [3.8, 4) is 22.8 Å². The maximum atomic E-state index is 16.4. The number of amides is 5. The number of halogens is 6. The van der Waals surface area contributed by atoms with Crippen LogP contribution < -0.4 is 10.1 Å². The van der Waals surface area contributed by atoms with Crippen molar-refractivity contribution in [3.63, 3.8) is 0 Å². The number of alkyl halides is 3. The summed E-state index contributed by atoms with van der Waals surface area (Å²) in [6.07, 6.45) is -6.32. The average molecular weight is 1080 g/mol. The molecule has 0 saturated carbocycles. The van der Waals surface area contributed by atoms with Gasteiger partial charge >= 0.3 is 12.3 Å². The number of carboxylic acid groups (broad SMARTS) is 1. The maximum absolute atomic E-state index is 16.4. The first-order valence-corrected chi connectivity index (χ1v) is 27.5. The molecule has 2 aliphatic heterocycles. The number of aromatic nitrogens is 2. The van der Waals surface area contributed by atoms with Gasteiger partial charge in [0.1, 0.15) is 35.2 Å². The van der Waals surface area contributed by atoms with E-state index in [0.717, 1.165) is 21.4 Å². The third-order valence-electron chi connectivity index (χ3n) is 14.4. The van der Waals surface area contributed by atoms with Crippen LogP contribution in [-0.4, -0.2) is 130 Å². The van der Waals surface area contributed by atoms with Gasteiger partial charge in [-0.05, 0) is 98.4 Å². The van der Waals surface area contributed by atoms with Gasteiger partial charge in [0.2, 0.25) is 23.6 Å². The molecular formula is C51H63Cl2F4N7O8Si. The van der Waals surface area contributed by atoms with Crippen molar-refractivity contribution >= 4 is 61.2 Å². The van der Waals surface area contributed by atoms with Crippen molar-refractivity contribution in [3.05, 3.63) is 99.7 Å². The van der Waals surface area contributed by atoms with E-state index in [1.807, 2.05) is 33.9 Å². The number of piperidine rings is 1. The van der Waals surface area contributed by atoms with Gasteiger partial charge < -0.3 is 43.8 Å². The lowest BCUT2D eigenvalue weighted by Gasteiger charge is -2.50. The van der Waals surface area contributed by atoms with E-state index in [-0.39, 0.29) is 59.8 Å². The maximum Gasteiger partial charge on any atom is 0.407 e. The summed E-state index contributed by atoms with van der Waals surface area (Å²) in [7, 11) is 2.09. The van der Waals surface area contributed by atoms with Gasteiger partial charge in [0.15, 0.2) is 8.32 Å². The number of nitrogens with one attached hydrogen (secondary N) is 1. The molecule has 396 valence electrons. The summed E-state index contributed by atoms with van der Waals surface area (Å²) in [5, 5.41) is 12.2. The van der Waals surface area contributed by atoms with E-state index in [1.165, 1.54) is 29.8 Å². The second kappa shape index (κ2) is 22.4. The van der Waals surface area contributed by atoms with Crippen LogP contribution >= 0.6 is 23.2 Å². The largest absolute Gasteiger partial charge is 0.465 e. The zero-order valence-electron chi connectivity index (χ0n) is 42.4. The van der Waals surface area contributed by atoms with Crippen molar-refractivity contribution < 1.29 is 55.8 Å². The molecule has 73 heavy (non-hydrogen) atoms. The van der Waals surface area contributed by atoms with Crippen molar-refractivity contribution in [1.82, 2.24) is 34.5 Å². The number of carbonyl (C=O) groups is 5. The van der Waals surface area contributed by atoms with Crippen molar-refractivity contribution in [2.75, 3.05) is 33.8 Å². The Bertz CT molecular complexity index is 2690. The monoisotopic (exact) mass is 1080 g/mol. The Kier molecular flexibility index (Phi) is 17.4. The topological polar surface area (TPSA) is 167 Å². The highest BCUT2D eigenvalue weighted by Gasteiger charge is 2.48. The Morgan fingerprint density at radius 2 is 1.64 bits per heavy atom. The molecule has 0 spiro atoms. The molecule has 5 amide bonds. The number of nitrogens with zero attached hydrogens (tertiary/aromatic N) is 6. The number of hydrogen-bond donors (Lipinski definition) is 2. The molecule has 0 unspecified atom stereocenters. The van der Waals surface area contributed by atoms with Crippen LogP contribution in [0.25, 0.3) is 11.3 Å². The minimum absolute atomic E-state index is 0.0296. The van der Waals surface area contributed by atoms with Gasteiger partial charge in [-0.15, -0.1) is 0 Å². The molecule has 22 heteroatoms. The fourth-order valence-corrected chi connectivity index (χ4v) is 10.3. The van der Waals surface area contributed by atoms with Crippen LogP contribution in [0.15, 0.2) is 66.9 Å². The summed E-state index contributed by atoms with van der Waals surface area (Å²) >= 11 is 12.6. The van der Waals surface area contributed by atoms with Crippen LogP contribution in [0.4, 0.5) is 22.4 Å². The normalized spacial score (nSPS) is 20.8. The van der Waals surface area contributed by atoms with Crippen LogP contribution in [0.3, 0.4) is 0 Å². The highest BCUT2D eigenvalue weighted by molar-refractivity contribution is 6.74. The van der Waals surface area contributed by atoms with E-state index in [2.05, 4.69) is 10.3 Å². The number of imidazole rings is 1. The third-order valence-corrected chi connectivity index (χ3v) is 19.4. The highest BCUT2D eigenvalue weighted by atomic mass is 35.5. The number of rotatable bonds is 13. The lowest BCUT2D eigenvalue weighted by Crippen LogP contribution is -2.66. The van der Waals surface area contributed by atoms with Gasteiger partial charge in [0.05, 0.1) is 49.5 Å². The molecule has 2 saturated heterocycles. The molecule has 2 bridgehead atoms. The van der Waals surface area contributed by atoms with Gasteiger partial charge in [-0.25, -0.2) is 14.2 Å². The summed E-state index contributed by atoms with van der Waals surface area (Å²) in [6.45, 7) is 10.2. The first-order chi connectivity index (χ1) is 34.0. The van der Waals surface area contributed by atoms with Gasteiger partial charge in [0, 0.05) is 61.8 Å². The minimum Gasteiger partial charge on any atom is -0.465 e. The van der Waals surface area contributed by atoms with E-state index in [4.69, 9.17) is 32.4 Å². The van der Waals surface area contributed by atoms with E-state index < -0.39 is 93.0 Å². The predicted octanol–water partition coefficient (Wildman–Crippen LogP) is 9.69. The quantitative estimate of drug-likeness (QED) is 0.0979. The molecule has 2 N–H and O–H groups in total. The Labute approximate surface area is 433 Å². The lowest BCUT2D eigenvalue weighted by atomic mass is 9.80. The number of hydrogen-bond acceptors (Lipinski definition) is 8. The smallest absolute Gasteiger partial charge is 0.407 e. The van der Waals surface area contributed by atoms with E-state index in [0.29, 0.717) is 34.9 Å². The second-order valence-corrected chi connectivity index (χ2v) is 26.3. The first kappa shape index (κ1) is 56.6. The second-order valence-electron chi connectivity index (χ2n) is 20.6. The molecule has 4 atom stereocenters. The van der Waals surface area contributed by atoms with Gasteiger partial charge in [-0.2, -0.15) is 13.2 Å². The van der Waals surface area contributed by atoms with Crippen molar-refractivity contribution in [2.45, 2.75) is 115 Å². The molecule has 2 fully saturated rings. The number of ether oxygens (including phenoxy) is 1. The van der Waals surface area contributed by atoms with Crippen LogP contribution in [0.1, 0.15) is 70.3 Å². The Morgan fingerprint density at radius 1 is 0.986 bits per heavy atom. The van der Waals surface area contributed by atoms with Crippen LogP contribution in [0, 0.1) is 11.7 Å². The molecule has 0 aliphatic carbocycles. The average Bonchev–Trinajstić information content (AvgIpc) is 3.67. The number of carbonyl (C=O) groups excluding carboxylic acids is 4. The molecule has 15 nitrogen and oxygen atoms in total. The third kappa shape index (κ3) is 13.5. The zero-order chi connectivity index (χ0) is 54.0. The fourth-order valence-electron chi connectivity index (χ4n) is 8.92. The fraction of sp³-hybridized carbons (Fsp3) is 0.490. The number of likely N-dealkylation sites (N-methyl/N-ethyl adjacent to an activating group) is 1. The lowest BCUT2D eigenvalue weighted by molar-refractivity contribution is -0.166. The Balaban J connectivity index is 1.40. The molecular weight excluding hydrogens is 1010 g/mol. The van der Waals surface area contributed by atoms with E-state index >= 15 is 9.18 Å². The molecule has 1 aromatic heterocycles. The summed E-state index contributed by atoms with van der Waals surface area (Å²) in [6, 6.07) is 12.7. The minimum atomic E-state index is -4.91. The van der Waals surface area contributed by atoms with Gasteiger partial charge in [0.25, 0.3) is 0 Å². The van der Waals surface area contributed by atoms with Crippen LogP contribution in [0.5, 0.6) is 11.5 Å². The zero-order valence-corrected chi connectivity index (χ0v) is 44.9. The summed E-state index contributed by atoms with van der Waals surface area (Å²) in [4.78, 5) is 79.7. The van der Waals surface area contributed by atoms with Gasteiger partial charge in [-0.3, -0.25) is 19.2 Å². The predicted molar refractivity (Wildman–Crippen MR) is 270 cm³/mol. The highest BCUT2D eigenvalue weighted by Crippen LogP contribution is 2.39. The standard InChI is InChI=1S/C51H63Cl2F4N7O8Si/c1-31-45(66)59-40(29-71-73(8,9)49(2,3)4)47(68)62(7)50(24-32-11-15-35(52)16-12-32)19-10-20-63(30-50)46(67)34(25-51(55,56)57)21-44(65)64(31)27-38-39(54)22-36(53)23-42(38)72-37-17-13-33(14-18-37)41-26-58-43(61(41)6)28-60(5)48(69)70/h11-18,22-23,26,31,34,40H,10,19-21,24-25,27-30H2,1-9H3,(H,59,66)(H,69,70)/t31-,34-,40-,50+/m0/s1. The summed E-state index contributed by atoms with van der Waals surface area (Å²) in [5.41, 5.74) is 0.569. The van der Waals surface area contributed by atoms with Crippen molar-refractivity contribution in [2.24, 2.45) is 13.0 Å². The summed E-state index contributed by atoms with van der Waals surface area (Å²) < 4.78 is 74.5. The van der Waals surface area contributed by atoms with Crippen molar-refractivity contribution in [1.29, 1.82) is 0 Å². The Morgan fingerprint density at radius 3 is 2.26 bits per heavy atom. The molecule has 4 aromatic rings. The number of benzene rings is 3. The van der Waals surface area contributed by atoms with Crippen LogP contribution in [-0.2, 0) is 50.2 Å². The Hall–Kier alpha value is -5.70.